The lowest BCUT2D eigenvalue weighted by Gasteiger charge is -2.18. The Morgan fingerprint density at radius 2 is 1.95 bits per heavy atom. The number of likely N-dealkylation sites (N-methyl/N-ethyl adjacent to an activating group) is 1. The molecule has 0 heterocycles. The lowest BCUT2D eigenvalue weighted by molar-refractivity contribution is 0.457. The van der Waals surface area contributed by atoms with Gasteiger partial charge in [-0.25, -0.2) is 17.2 Å². The van der Waals surface area contributed by atoms with Crippen LogP contribution in [0.5, 0.6) is 0 Å². The molecule has 0 spiro atoms. The summed E-state index contributed by atoms with van der Waals surface area (Å²) < 4.78 is 49.8. The lowest BCUT2D eigenvalue weighted by Crippen LogP contribution is -2.32. The molecule has 0 saturated heterocycles. The molecule has 0 saturated carbocycles. The van der Waals surface area contributed by atoms with Crippen molar-refractivity contribution in [1.82, 2.24) is 5.32 Å². The Morgan fingerprint density at radius 1 is 1.24 bits per heavy atom. The molecule has 21 heavy (non-hydrogen) atoms. The topological polar surface area (TPSA) is 46.2 Å². The van der Waals surface area contributed by atoms with Crippen LogP contribution in [0.15, 0.2) is 18.2 Å². The minimum atomic E-state index is -2.98. The van der Waals surface area contributed by atoms with Crippen LogP contribution < -0.4 is 5.32 Å². The first-order valence-corrected chi connectivity index (χ1v) is 9.08. The van der Waals surface area contributed by atoms with Crippen molar-refractivity contribution in [1.29, 1.82) is 0 Å². The van der Waals surface area contributed by atoms with Gasteiger partial charge in [0.1, 0.15) is 9.84 Å². The van der Waals surface area contributed by atoms with E-state index in [1.807, 2.05) is 6.92 Å². The molecule has 1 aromatic carbocycles. The van der Waals surface area contributed by atoms with Gasteiger partial charge < -0.3 is 5.32 Å². The Balaban J connectivity index is 2.63. The fourth-order valence-electron chi connectivity index (χ4n) is 2.23. The van der Waals surface area contributed by atoms with E-state index in [0.29, 0.717) is 31.4 Å². The maximum absolute atomic E-state index is 13.7. The molecule has 0 aliphatic heterocycles. The molecular weight excluding hydrogens is 296 g/mol. The Labute approximate surface area is 125 Å². The summed E-state index contributed by atoms with van der Waals surface area (Å²) in [5.41, 5.74) is 0.319. The van der Waals surface area contributed by atoms with Crippen LogP contribution >= 0.6 is 0 Å². The molecule has 0 aliphatic rings. The van der Waals surface area contributed by atoms with Gasteiger partial charge in [-0.05, 0) is 37.4 Å². The van der Waals surface area contributed by atoms with Crippen LogP contribution in [-0.4, -0.2) is 32.5 Å². The van der Waals surface area contributed by atoms with Crippen LogP contribution in [0.2, 0.25) is 0 Å². The summed E-state index contributed by atoms with van der Waals surface area (Å²) in [6.07, 6.45) is 1.48. The second-order valence-corrected chi connectivity index (χ2v) is 7.52. The van der Waals surface area contributed by atoms with E-state index in [4.69, 9.17) is 0 Å². The van der Waals surface area contributed by atoms with E-state index in [2.05, 4.69) is 5.32 Å². The summed E-state index contributed by atoms with van der Waals surface area (Å²) in [5.74, 6) is -1.40. The standard InChI is InChI=1S/C15H23F2NO2S/c1-3-18-13(8-6-10-21(19,20)4-2)11-12-7-5-9-14(16)15(12)17/h5,7,9,13,18H,3-4,6,8,10-11H2,1-2H3. The molecule has 0 amide bonds. The Hall–Kier alpha value is -1.01. The number of nitrogens with one attached hydrogen (secondary N) is 1. The van der Waals surface area contributed by atoms with Crippen LogP contribution in [-0.2, 0) is 16.3 Å². The fourth-order valence-corrected chi connectivity index (χ4v) is 3.13. The lowest BCUT2D eigenvalue weighted by atomic mass is 10.0. The van der Waals surface area contributed by atoms with Crippen molar-refractivity contribution in [3.63, 3.8) is 0 Å². The summed E-state index contributed by atoms with van der Waals surface area (Å²) in [4.78, 5) is 0. The molecule has 1 unspecified atom stereocenters. The third-order valence-corrected chi connectivity index (χ3v) is 5.23. The summed E-state index contributed by atoms with van der Waals surface area (Å²) in [6, 6.07) is 4.08. The van der Waals surface area contributed by atoms with E-state index in [1.165, 1.54) is 6.07 Å². The van der Waals surface area contributed by atoms with Crippen molar-refractivity contribution in [2.45, 2.75) is 39.2 Å². The van der Waals surface area contributed by atoms with E-state index in [0.717, 1.165) is 6.07 Å². The highest BCUT2D eigenvalue weighted by molar-refractivity contribution is 7.91. The zero-order valence-electron chi connectivity index (χ0n) is 12.5. The number of sulfone groups is 1. The van der Waals surface area contributed by atoms with Crippen molar-refractivity contribution in [3.8, 4) is 0 Å². The first kappa shape index (κ1) is 18.0. The highest BCUT2D eigenvalue weighted by Crippen LogP contribution is 2.15. The average Bonchev–Trinajstić information content (AvgIpc) is 2.44. The molecule has 1 aromatic rings. The third-order valence-electron chi connectivity index (χ3n) is 3.44. The number of halogens is 2. The van der Waals surface area contributed by atoms with Gasteiger partial charge >= 0.3 is 0 Å². The minimum absolute atomic E-state index is 0.0571. The molecule has 6 heteroatoms. The number of benzene rings is 1. The van der Waals surface area contributed by atoms with Crippen molar-refractivity contribution < 1.29 is 17.2 Å². The predicted molar refractivity (Wildman–Crippen MR) is 81.1 cm³/mol. The van der Waals surface area contributed by atoms with Crippen molar-refractivity contribution in [2.75, 3.05) is 18.1 Å². The van der Waals surface area contributed by atoms with Gasteiger partial charge in [-0.1, -0.05) is 26.0 Å². The smallest absolute Gasteiger partial charge is 0.162 e. The largest absolute Gasteiger partial charge is 0.314 e. The molecule has 120 valence electrons. The molecule has 1 N–H and O–H groups in total. The Kier molecular flexibility index (Phi) is 7.25. The van der Waals surface area contributed by atoms with E-state index >= 15 is 0 Å². The maximum Gasteiger partial charge on any atom is 0.162 e. The Bertz CT molecular complexity index is 547. The van der Waals surface area contributed by atoms with Crippen LogP contribution in [0.3, 0.4) is 0 Å². The van der Waals surface area contributed by atoms with Crippen molar-refractivity contribution in [2.24, 2.45) is 0 Å². The number of hydrogen-bond donors (Lipinski definition) is 1. The Morgan fingerprint density at radius 3 is 2.57 bits per heavy atom. The molecule has 0 bridgehead atoms. The van der Waals surface area contributed by atoms with E-state index in [-0.39, 0.29) is 17.5 Å². The van der Waals surface area contributed by atoms with Gasteiger partial charge in [0, 0.05) is 11.8 Å². The zero-order valence-corrected chi connectivity index (χ0v) is 13.3. The molecule has 0 aliphatic carbocycles. The summed E-state index contributed by atoms with van der Waals surface area (Å²) in [5, 5.41) is 3.20. The van der Waals surface area contributed by atoms with Gasteiger partial charge in [0.25, 0.3) is 0 Å². The number of rotatable bonds is 9. The molecule has 3 nitrogen and oxygen atoms in total. The quantitative estimate of drug-likeness (QED) is 0.761. The van der Waals surface area contributed by atoms with E-state index < -0.39 is 21.5 Å². The van der Waals surface area contributed by atoms with E-state index in [1.54, 1.807) is 13.0 Å². The van der Waals surface area contributed by atoms with Gasteiger partial charge in [-0.15, -0.1) is 0 Å². The van der Waals surface area contributed by atoms with Gasteiger partial charge in [-0.2, -0.15) is 0 Å². The predicted octanol–water partition coefficient (Wildman–Crippen LogP) is 2.70. The van der Waals surface area contributed by atoms with Crippen LogP contribution in [0.25, 0.3) is 0 Å². The van der Waals surface area contributed by atoms with Gasteiger partial charge in [0.05, 0.1) is 5.75 Å². The summed E-state index contributed by atoms with van der Waals surface area (Å²) in [7, 11) is -2.98. The first-order chi connectivity index (χ1) is 9.89. The molecule has 0 fully saturated rings. The molecule has 0 aromatic heterocycles. The maximum atomic E-state index is 13.7. The second kappa shape index (κ2) is 8.44. The minimum Gasteiger partial charge on any atom is -0.314 e. The highest BCUT2D eigenvalue weighted by Gasteiger charge is 2.15. The number of hydrogen-bond acceptors (Lipinski definition) is 3. The average molecular weight is 319 g/mol. The highest BCUT2D eigenvalue weighted by atomic mass is 32.2. The second-order valence-electron chi connectivity index (χ2n) is 5.05. The monoisotopic (exact) mass is 319 g/mol. The van der Waals surface area contributed by atoms with Crippen molar-refractivity contribution in [3.05, 3.63) is 35.4 Å². The zero-order chi connectivity index (χ0) is 15.9. The SMILES string of the molecule is CCNC(CCCS(=O)(=O)CC)Cc1cccc(F)c1F. The van der Waals surface area contributed by atoms with Gasteiger partial charge in [0.2, 0.25) is 0 Å². The fraction of sp³-hybridized carbons (Fsp3) is 0.600. The summed E-state index contributed by atoms with van der Waals surface area (Å²) >= 11 is 0. The molecular formula is C15H23F2NO2S. The van der Waals surface area contributed by atoms with Crippen LogP contribution in [0, 0.1) is 11.6 Å². The van der Waals surface area contributed by atoms with Gasteiger partial charge in [0.15, 0.2) is 11.6 Å². The molecule has 0 radical (unpaired) electrons. The van der Waals surface area contributed by atoms with E-state index in [9.17, 15) is 17.2 Å². The first-order valence-electron chi connectivity index (χ1n) is 7.26. The summed E-state index contributed by atoms with van der Waals surface area (Å²) in [6.45, 7) is 4.25. The normalized spacial score (nSPS) is 13.3. The molecule has 1 rings (SSSR count). The third kappa shape index (κ3) is 6.09. The van der Waals surface area contributed by atoms with Crippen LogP contribution in [0.1, 0.15) is 32.3 Å². The van der Waals surface area contributed by atoms with Gasteiger partial charge in [-0.3, -0.25) is 0 Å². The molecule has 1 atom stereocenters. The van der Waals surface area contributed by atoms with Crippen LogP contribution in [0.4, 0.5) is 8.78 Å². The van der Waals surface area contributed by atoms with Crippen molar-refractivity contribution >= 4 is 9.84 Å².